The number of hydrogen-bond donors (Lipinski definition) is 1. The minimum absolute atomic E-state index is 0.0679. The van der Waals surface area contributed by atoms with Gasteiger partial charge in [0.25, 0.3) is 0 Å². The van der Waals surface area contributed by atoms with Crippen molar-refractivity contribution >= 4 is 5.91 Å². The quantitative estimate of drug-likeness (QED) is 0.877. The zero-order valence-corrected chi connectivity index (χ0v) is 12.1. The molecule has 0 radical (unpaired) electrons. The Morgan fingerprint density at radius 2 is 1.70 bits per heavy atom. The second-order valence-electron chi connectivity index (χ2n) is 5.07. The fourth-order valence-corrected chi connectivity index (χ4v) is 2.28. The van der Waals surface area contributed by atoms with Crippen molar-refractivity contribution in [1.29, 1.82) is 0 Å². The van der Waals surface area contributed by atoms with Gasteiger partial charge in [-0.15, -0.1) is 0 Å². The number of nitrogens with one attached hydrogen (secondary N) is 1. The summed E-state index contributed by atoms with van der Waals surface area (Å²) in [4.78, 5) is 12.3. The van der Waals surface area contributed by atoms with Crippen LogP contribution in [0.25, 0.3) is 0 Å². The summed E-state index contributed by atoms with van der Waals surface area (Å²) in [7, 11) is 0. The lowest BCUT2D eigenvalue weighted by atomic mass is 9.95. The van der Waals surface area contributed by atoms with E-state index >= 15 is 0 Å². The summed E-state index contributed by atoms with van der Waals surface area (Å²) in [6, 6.07) is 18.2. The number of rotatable bonds is 5. The van der Waals surface area contributed by atoms with E-state index in [2.05, 4.69) is 36.5 Å². The third kappa shape index (κ3) is 3.70. The maximum absolute atomic E-state index is 12.3. The van der Waals surface area contributed by atoms with Gasteiger partial charge in [0, 0.05) is 6.54 Å². The van der Waals surface area contributed by atoms with Gasteiger partial charge >= 0.3 is 0 Å². The van der Waals surface area contributed by atoms with Crippen molar-refractivity contribution in [3.05, 3.63) is 71.3 Å². The van der Waals surface area contributed by atoms with Crippen LogP contribution in [-0.4, -0.2) is 5.91 Å². The highest BCUT2D eigenvalue weighted by Gasteiger charge is 2.17. The number of carbonyl (C=O) groups excluding carboxylic acids is 1. The molecule has 0 aromatic heterocycles. The molecule has 0 bridgehead atoms. The van der Waals surface area contributed by atoms with Crippen LogP contribution in [0.1, 0.15) is 36.0 Å². The average Bonchev–Trinajstić information content (AvgIpc) is 2.48. The van der Waals surface area contributed by atoms with E-state index in [-0.39, 0.29) is 11.8 Å². The van der Waals surface area contributed by atoms with Gasteiger partial charge in [0.1, 0.15) is 0 Å². The van der Waals surface area contributed by atoms with E-state index in [1.54, 1.807) is 0 Å². The van der Waals surface area contributed by atoms with Crippen LogP contribution in [-0.2, 0) is 11.3 Å². The minimum atomic E-state index is -0.0679. The molecule has 0 saturated carbocycles. The van der Waals surface area contributed by atoms with Gasteiger partial charge in [0.2, 0.25) is 5.91 Å². The highest BCUT2D eigenvalue weighted by Crippen LogP contribution is 2.19. The van der Waals surface area contributed by atoms with Crippen LogP contribution < -0.4 is 5.32 Å². The maximum atomic E-state index is 12.3. The van der Waals surface area contributed by atoms with Crippen LogP contribution in [0.4, 0.5) is 0 Å². The molecule has 0 unspecified atom stereocenters. The van der Waals surface area contributed by atoms with Crippen molar-refractivity contribution in [2.24, 2.45) is 0 Å². The monoisotopic (exact) mass is 267 g/mol. The molecule has 2 aromatic carbocycles. The summed E-state index contributed by atoms with van der Waals surface area (Å²) in [5, 5.41) is 3.03. The van der Waals surface area contributed by atoms with Gasteiger partial charge in [-0.25, -0.2) is 0 Å². The van der Waals surface area contributed by atoms with Crippen LogP contribution in [0, 0.1) is 6.92 Å². The number of aryl methyl sites for hydroxylation is 1. The molecule has 0 saturated heterocycles. The molecule has 0 spiro atoms. The van der Waals surface area contributed by atoms with Gasteiger partial charge in [0.15, 0.2) is 0 Å². The third-order valence-corrected chi connectivity index (χ3v) is 3.51. The average molecular weight is 267 g/mol. The second kappa shape index (κ2) is 6.90. The Morgan fingerprint density at radius 1 is 1.05 bits per heavy atom. The predicted molar refractivity (Wildman–Crippen MR) is 82.5 cm³/mol. The van der Waals surface area contributed by atoms with Crippen molar-refractivity contribution < 1.29 is 4.79 Å². The first-order chi connectivity index (χ1) is 9.70. The summed E-state index contributed by atoms with van der Waals surface area (Å²) in [6.07, 6.45) is 0.809. The van der Waals surface area contributed by atoms with Gasteiger partial charge in [-0.2, -0.15) is 0 Å². The summed E-state index contributed by atoms with van der Waals surface area (Å²) in [5.41, 5.74) is 3.44. The number of amides is 1. The normalized spacial score (nSPS) is 11.9. The van der Waals surface area contributed by atoms with Crippen molar-refractivity contribution in [2.75, 3.05) is 0 Å². The summed E-state index contributed by atoms with van der Waals surface area (Å²) >= 11 is 0. The molecule has 0 aliphatic carbocycles. The highest BCUT2D eigenvalue weighted by molar-refractivity contribution is 5.83. The molecule has 0 aliphatic heterocycles. The zero-order chi connectivity index (χ0) is 14.4. The van der Waals surface area contributed by atoms with E-state index in [1.807, 2.05) is 37.3 Å². The van der Waals surface area contributed by atoms with Crippen molar-refractivity contribution in [2.45, 2.75) is 32.7 Å². The molecular formula is C18H21NO. The molecule has 1 amide bonds. The fraction of sp³-hybridized carbons (Fsp3) is 0.278. The molecule has 2 rings (SSSR count). The Hall–Kier alpha value is -2.09. The first-order valence-electron chi connectivity index (χ1n) is 7.09. The first-order valence-corrected chi connectivity index (χ1v) is 7.09. The third-order valence-electron chi connectivity index (χ3n) is 3.51. The lowest BCUT2D eigenvalue weighted by Crippen LogP contribution is -2.28. The predicted octanol–water partition coefficient (Wildman–Crippen LogP) is 3.81. The van der Waals surface area contributed by atoms with Crippen molar-refractivity contribution in [1.82, 2.24) is 5.32 Å². The van der Waals surface area contributed by atoms with E-state index in [1.165, 1.54) is 5.56 Å². The Labute approximate surface area is 120 Å². The van der Waals surface area contributed by atoms with E-state index in [4.69, 9.17) is 0 Å². The SMILES string of the molecule is CC[C@@H](C(=O)NCc1ccc(C)cc1)c1ccccc1. The second-order valence-corrected chi connectivity index (χ2v) is 5.07. The van der Waals surface area contributed by atoms with E-state index in [0.29, 0.717) is 6.54 Å². The van der Waals surface area contributed by atoms with Crippen LogP contribution in [0.5, 0.6) is 0 Å². The standard InChI is InChI=1S/C18H21NO/c1-3-17(16-7-5-4-6-8-16)18(20)19-13-15-11-9-14(2)10-12-15/h4-12,17H,3,13H2,1-2H3,(H,19,20)/t17-/m1/s1. The number of hydrogen-bond acceptors (Lipinski definition) is 1. The molecule has 2 heteroatoms. The summed E-state index contributed by atoms with van der Waals surface area (Å²) < 4.78 is 0. The van der Waals surface area contributed by atoms with E-state index in [0.717, 1.165) is 17.5 Å². The van der Waals surface area contributed by atoms with E-state index in [9.17, 15) is 4.79 Å². The Balaban J connectivity index is 1.98. The largest absolute Gasteiger partial charge is 0.351 e. The molecule has 1 N–H and O–H groups in total. The number of benzene rings is 2. The van der Waals surface area contributed by atoms with Gasteiger partial charge in [-0.05, 0) is 24.5 Å². The Kier molecular flexibility index (Phi) is 4.94. The lowest BCUT2D eigenvalue weighted by Gasteiger charge is -2.15. The van der Waals surface area contributed by atoms with Crippen LogP contribution in [0.2, 0.25) is 0 Å². The molecule has 1 atom stereocenters. The Morgan fingerprint density at radius 3 is 2.30 bits per heavy atom. The van der Waals surface area contributed by atoms with Crippen molar-refractivity contribution in [3.63, 3.8) is 0 Å². The first kappa shape index (κ1) is 14.3. The molecule has 2 nitrogen and oxygen atoms in total. The van der Waals surface area contributed by atoms with Gasteiger partial charge < -0.3 is 5.32 Å². The molecule has 104 valence electrons. The molecule has 0 heterocycles. The van der Waals surface area contributed by atoms with Crippen LogP contribution in [0.3, 0.4) is 0 Å². The summed E-state index contributed by atoms with van der Waals surface area (Å²) in [6.45, 7) is 4.69. The van der Waals surface area contributed by atoms with Gasteiger partial charge in [-0.3, -0.25) is 4.79 Å². The smallest absolute Gasteiger partial charge is 0.227 e. The molecular weight excluding hydrogens is 246 g/mol. The summed E-state index contributed by atoms with van der Waals surface area (Å²) in [5.74, 6) is 0.0286. The fourth-order valence-electron chi connectivity index (χ4n) is 2.28. The van der Waals surface area contributed by atoms with Gasteiger partial charge in [-0.1, -0.05) is 67.1 Å². The Bertz CT molecular complexity index is 545. The van der Waals surface area contributed by atoms with Crippen LogP contribution in [0.15, 0.2) is 54.6 Å². The van der Waals surface area contributed by atoms with Crippen LogP contribution >= 0.6 is 0 Å². The van der Waals surface area contributed by atoms with E-state index < -0.39 is 0 Å². The molecule has 20 heavy (non-hydrogen) atoms. The number of carbonyl (C=O) groups is 1. The zero-order valence-electron chi connectivity index (χ0n) is 12.1. The molecule has 0 fully saturated rings. The minimum Gasteiger partial charge on any atom is -0.351 e. The molecule has 0 aliphatic rings. The van der Waals surface area contributed by atoms with Gasteiger partial charge in [0.05, 0.1) is 5.92 Å². The van der Waals surface area contributed by atoms with Crippen molar-refractivity contribution in [3.8, 4) is 0 Å². The lowest BCUT2D eigenvalue weighted by molar-refractivity contribution is -0.122. The topological polar surface area (TPSA) is 29.1 Å². The highest BCUT2D eigenvalue weighted by atomic mass is 16.1. The maximum Gasteiger partial charge on any atom is 0.227 e. The molecule has 2 aromatic rings.